The third-order valence-electron chi connectivity index (χ3n) is 5.48. The van der Waals surface area contributed by atoms with Crippen LogP contribution >= 0.6 is 0 Å². The van der Waals surface area contributed by atoms with Crippen LogP contribution in [0, 0.1) is 5.92 Å². The van der Waals surface area contributed by atoms with E-state index in [1.165, 1.54) is 77.8 Å². The molecular weight excluding hydrogens is 234 g/mol. The number of piperidine rings is 1. The van der Waals surface area contributed by atoms with E-state index in [9.17, 15) is 0 Å². The number of rotatable bonds is 6. The lowest BCUT2D eigenvalue weighted by Gasteiger charge is -2.40. The minimum atomic E-state index is 0.774. The van der Waals surface area contributed by atoms with Gasteiger partial charge in [0.25, 0.3) is 0 Å². The van der Waals surface area contributed by atoms with E-state index >= 15 is 0 Å². The maximum atomic E-state index is 3.69. The van der Waals surface area contributed by atoms with Gasteiger partial charge in [0.15, 0.2) is 0 Å². The van der Waals surface area contributed by atoms with E-state index in [4.69, 9.17) is 0 Å². The largest absolute Gasteiger partial charge is 0.313 e. The average Bonchev–Trinajstić information content (AvgIpc) is 3.06. The number of fused-ring (bicyclic) bond motifs is 2. The second-order valence-electron chi connectivity index (χ2n) is 6.85. The first kappa shape index (κ1) is 13.8. The molecule has 3 aliphatic heterocycles. The molecule has 0 aromatic rings. The zero-order chi connectivity index (χ0) is 13.1. The van der Waals surface area contributed by atoms with Crippen molar-refractivity contribution in [1.29, 1.82) is 0 Å². The fourth-order valence-electron chi connectivity index (χ4n) is 4.36. The number of unbranched alkanes of at least 4 members (excludes halogenated alkanes) is 1. The fourth-order valence-corrected chi connectivity index (χ4v) is 4.36. The van der Waals surface area contributed by atoms with Crippen LogP contribution in [0.5, 0.6) is 0 Å². The molecule has 4 unspecified atom stereocenters. The molecule has 0 aromatic carbocycles. The van der Waals surface area contributed by atoms with Crippen LogP contribution < -0.4 is 5.32 Å². The highest BCUT2D eigenvalue weighted by Crippen LogP contribution is 2.31. The molecule has 0 aliphatic carbocycles. The molecule has 3 saturated heterocycles. The van der Waals surface area contributed by atoms with Crippen molar-refractivity contribution in [3.8, 4) is 0 Å². The number of hydrogen-bond acceptors (Lipinski definition) is 3. The molecule has 1 N–H and O–H groups in total. The van der Waals surface area contributed by atoms with Gasteiger partial charge in [0.2, 0.25) is 0 Å². The molecular formula is C16H31N3. The highest BCUT2D eigenvalue weighted by molar-refractivity contribution is 4.93. The lowest BCUT2D eigenvalue weighted by Crippen LogP contribution is -2.50. The van der Waals surface area contributed by atoms with Crippen LogP contribution in [0.15, 0.2) is 0 Å². The monoisotopic (exact) mass is 265 g/mol. The molecule has 0 spiro atoms. The Kier molecular flexibility index (Phi) is 4.78. The average molecular weight is 265 g/mol. The Bertz CT molecular complexity index is 275. The van der Waals surface area contributed by atoms with Crippen molar-refractivity contribution in [1.82, 2.24) is 15.1 Å². The van der Waals surface area contributed by atoms with Gasteiger partial charge in [-0.1, -0.05) is 13.3 Å². The first-order chi connectivity index (χ1) is 9.36. The lowest BCUT2D eigenvalue weighted by atomic mass is 9.92. The van der Waals surface area contributed by atoms with Crippen molar-refractivity contribution >= 4 is 0 Å². The predicted octanol–water partition coefficient (Wildman–Crippen LogP) is 1.93. The summed E-state index contributed by atoms with van der Waals surface area (Å²) in [6.45, 7) is 10.3. The Balaban J connectivity index is 1.59. The van der Waals surface area contributed by atoms with Gasteiger partial charge >= 0.3 is 0 Å². The van der Waals surface area contributed by atoms with Gasteiger partial charge in [0.05, 0.1) is 0 Å². The predicted molar refractivity (Wildman–Crippen MR) is 80.5 cm³/mol. The SMILES string of the molecule is CCCCN(CC1CCCN1)C1CCN2CCC1C2. The molecule has 19 heavy (non-hydrogen) atoms. The minimum absolute atomic E-state index is 0.774. The lowest BCUT2D eigenvalue weighted by molar-refractivity contribution is 0.0907. The maximum absolute atomic E-state index is 3.69. The summed E-state index contributed by atoms with van der Waals surface area (Å²) in [7, 11) is 0. The first-order valence-corrected chi connectivity index (χ1v) is 8.56. The number of nitrogens with one attached hydrogen (secondary N) is 1. The summed E-state index contributed by atoms with van der Waals surface area (Å²) in [6, 6.07) is 1.66. The van der Waals surface area contributed by atoms with E-state index in [-0.39, 0.29) is 0 Å². The summed E-state index contributed by atoms with van der Waals surface area (Å²) >= 11 is 0. The molecule has 3 heteroatoms. The van der Waals surface area contributed by atoms with Gasteiger partial charge in [-0.25, -0.2) is 0 Å². The molecule has 0 saturated carbocycles. The molecule has 3 heterocycles. The van der Waals surface area contributed by atoms with Crippen LogP contribution in [0.4, 0.5) is 0 Å². The van der Waals surface area contributed by atoms with Gasteiger partial charge in [-0.3, -0.25) is 4.90 Å². The van der Waals surface area contributed by atoms with Crippen LogP contribution in [0.25, 0.3) is 0 Å². The Hall–Kier alpha value is -0.120. The molecule has 2 bridgehead atoms. The van der Waals surface area contributed by atoms with Gasteiger partial charge < -0.3 is 10.2 Å². The van der Waals surface area contributed by atoms with Gasteiger partial charge in [-0.15, -0.1) is 0 Å². The second kappa shape index (κ2) is 6.55. The third kappa shape index (κ3) is 3.32. The second-order valence-corrected chi connectivity index (χ2v) is 6.85. The van der Waals surface area contributed by atoms with E-state index < -0.39 is 0 Å². The Morgan fingerprint density at radius 2 is 2.11 bits per heavy atom. The first-order valence-electron chi connectivity index (χ1n) is 8.56. The molecule has 3 nitrogen and oxygen atoms in total. The Morgan fingerprint density at radius 1 is 1.21 bits per heavy atom. The van der Waals surface area contributed by atoms with Crippen molar-refractivity contribution < 1.29 is 0 Å². The Labute approximate surface area is 118 Å². The van der Waals surface area contributed by atoms with Crippen LogP contribution in [0.2, 0.25) is 0 Å². The summed E-state index contributed by atoms with van der Waals surface area (Å²) < 4.78 is 0. The van der Waals surface area contributed by atoms with Crippen molar-refractivity contribution in [2.75, 3.05) is 39.3 Å². The molecule has 110 valence electrons. The third-order valence-corrected chi connectivity index (χ3v) is 5.48. The topological polar surface area (TPSA) is 18.5 Å². The van der Waals surface area contributed by atoms with Crippen molar-refractivity contribution in [3.63, 3.8) is 0 Å². The molecule has 0 radical (unpaired) electrons. The molecule has 3 rings (SSSR count). The molecule has 3 aliphatic rings. The summed E-state index contributed by atoms with van der Waals surface area (Å²) in [5, 5.41) is 3.69. The summed E-state index contributed by atoms with van der Waals surface area (Å²) in [5.74, 6) is 0.965. The van der Waals surface area contributed by atoms with Crippen LogP contribution in [0.1, 0.15) is 45.4 Å². The van der Waals surface area contributed by atoms with Crippen LogP contribution in [-0.4, -0.2) is 61.2 Å². The molecule has 4 atom stereocenters. The minimum Gasteiger partial charge on any atom is -0.313 e. The normalized spacial score (nSPS) is 38.2. The van der Waals surface area contributed by atoms with Gasteiger partial charge in [-0.05, 0) is 64.2 Å². The smallest absolute Gasteiger partial charge is 0.0195 e. The number of nitrogens with zero attached hydrogens (tertiary/aromatic N) is 2. The molecule has 3 fully saturated rings. The van der Waals surface area contributed by atoms with E-state index in [0.717, 1.165) is 18.0 Å². The van der Waals surface area contributed by atoms with Gasteiger partial charge in [-0.2, -0.15) is 0 Å². The zero-order valence-electron chi connectivity index (χ0n) is 12.6. The summed E-state index contributed by atoms with van der Waals surface area (Å²) in [4.78, 5) is 5.53. The maximum Gasteiger partial charge on any atom is 0.0195 e. The number of hydrogen-bond donors (Lipinski definition) is 1. The Morgan fingerprint density at radius 3 is 2.89 bits per heavy atom. The van der Waals surface area contributed by atoms with Crippen LogP contribution in [-0.2, 0) is 0 Å². The quantitative estimate of drug-likeness (QED) is 0.792. The summed E-state index contributed by atoms with van der Waals surface area (Å²) in [5.41, 5.74) is 0. The molecule has 0 amide bonds. The highest BCUT2D eigenvalue weighted by atomic mass is 15.2. The molecule has 0 aromatic heterocycles. The summed E-state index contributed by atoms with van der Waals surface area (Å²) in [6.07, 6.45) is 8.35. The van der Waals surface area contributed by atoms with Crippen molar-refractivity contribution in [2.24, 2.45) is 5.92 Å². The zero-order valence-corrected chi connectivity index (χ0v) is 12.6. The fraction of sp³-hybridized carbons (Fsp3) is 1.00. The van der Waals surface area contributed by atoms with E-state index in [0.29, 0.717) is 0 Å². The standard InChI is InChI=1S/C16H31N3/c1-2-3-9-19(13-15-5-4-8-17-15)16-7-11-18-10-6-14(16)12-18/h14-17H,2-13H2,1H3. The van der Waals surface area contributed by atoms with Crippen molar-refractivity contribution in [2.45, 2.75) is 57.5 Å². The van der Waals surface area contributed by atoms with Gasteiger partial charge in [0, 0.05) is 25.2 Å². The van der Waals surface area contributed by atoms with Gasteiger partial charge in [0.1, 0.15) is 0 Å². The van der Waals surface area contributed by atoms with E-state index in [1.807, 2.05) is 0 Å². The van der Waals surface area contributed by atoms with Crippen molar-refractivity contribution in [3.05, 3.63) is 0 Å². The highest BCUT2D eigenvalue weighted by Gasteiger charge is 2.37. The van der Waals surface area contributed by atoms with E-state index in [2.05, 4.69) is 22.0 Å². The van der Waals surface area contributed by atoms with Crippen LogP contribution in [0.3, 0.4) is 0 Å². The van der Waals surface area contributed by atoms with E-state index in [1.54, 1.807) is 0 Å².